The summed E-state index contributed by atoms with van der Waals surface area (Å²) in [6.07, 6.45) is -4.48. The Balaban J connectivity index is 2.48. The predicted octanol–water partition coefficient (Wildman–Crippen LogP) is 1.82. The van der Waals surface area contributed by atoms with Crippen LogP contribution in [0.25, 0.3) is 0 Å². The van der Waals surface area contributed by atoms with E-state index < -0.39 is 17.8 Å². The topological polar surface area (TPSA) is 64.7 Å². The van der Waals surface area contributed by atoms with Crippen LogP contribution in [0.1, 0.15) is 23.6 Å². The van der Waals surface area contributed by atoms with Crippen LogP contribution >= 0.6 is 0 Å². The van der Waals surface area contributed by atoms with Crippen molar-refractivity contribution in [2.45, 2.75) is 18.6 Å². The Morgan fingerprint density at radius 3 is 2.44 bits per heavy atom. The van der Waals surface area contributed by atoms with E-state index in [1.807, 2.05) is 0 Å². The molecule has 2 rings (SSSR count). The summed E-state index contributed by atoms with van der Waals surface area (Å²) in [5.41, 5.74) is 4.69. The van der Waals surface area contributed by atoms with Gasteiger partial charge in [0.2, 0.25) is 6.79 Å². The number of halogens is 3. The van der Waals surface area contributed by atoms with Crippen LogP contribution in [0.5, 0.6) is 11.5 Å². The lowest BCUT2D eigenvalue weighted by atomic mass is 9.97. The smallest absolute Gasteiger partial charge is 0.416 e. The van der Waals surface area contributed by atoms with Gasteiger partial charge in [-0.15, -0.1) is 0 Å². The molecule has 0 bridgehead atoms. The normalized spacial score (nSPS) is 15.8. The van der Waals surface area contributed by atoms with E-state index in [2.05, 4.69) is 0 Å². The van der Waals surface area contributed by atoms with Crippen molar-refractivity contribution in [1.29, 1.82) is 0 Å². The molecule has 3 N–H and O–H groups in total. The lowest BCUT2D eigenvalue weighted by molar-refractivity contribution is -0.138. The number of hydrogen-bond acceptors (Lipinski definition) is 4. The van der Waals surface area contributed by atoms with Crippen LogP contribution < -0.4 is 15.2 Å². The monoisotopic (exact) mass is 263 g/mol. The van der Waals surface area contributed by atoms with Crippen LogP contribution in [0.2, 0.25) is 0 Å². The van der Waals surface area contributed by atoms with E-state index in [1.54, 1.807) is 0 Å². The summed E-state index contributed by atoms with van der Waals surface area (Å²) in [5.74, 6) is 0.300. The number of ether oxygens (including phenoxy) is 2. The summed E-state index contributed by atoms with van der Waals surface area (Å²) in [6, 6.07) is 1.21. The van der Waals surface area contributed by atoms with Gasteiger partial charge in [0, 0.05) is 12.6 Å². The highest BCUT2D eigenvalue weighted by Gasteiger charge is 2.36. The highest BCUT2D eigenvalue weighted by Crippen LogP contribution is 2.43. The third-order valence-corrected chi connectivity index (χ3v) is 2.69. The standard InChI is InChI=1S/C11H12F3NO3/c12-11(13,14)7-4-10-9(17-5-18-10)3-6(7)8(15)1-2-16/h3-4,8,16H,1-2,5,15H2. The molecule has 100 valence electrons. The van der Waals surface area contributed by atoms with Gasteiger partial charge in [0.25, 0.3) is 0 Å². The third kappa shape index (κ3) is 2.37. The number of hydrogen-bond donors (Lipinski definition) is 2. The second kappa shape index (κ2) is 4.66. The first kappa shape index (κ1) is 13.0. The molecule has 1 aromatic carbocycles. The minimum atomic E-state index is -4.52. The van der Waals surface area contributed by atoms with Gasteiger partial charge in [0.05, 0.1) is 5.56 Å². The first-order valence-electron chi connectivity index (χ1n) is 5.30. The number of fused-ring (bicyclic) bond motifs is 1. The van der Waals surface area contributed by atoms with Gasteiger partial charge in [0.1, 0.15) is 0 Å². The first-order chi connectivity index (χ1) is 8.43. The molecule has 0 radical (unpaired) electrons. The molecule has 0 saturated carbocycles. The second-order valence-electron chi connectivity index (χ2n) is 3.91. The minimum Gasteiger partial charge on any atom is -0.454 e. The maximum atomic E-state index is 12.9. The molecule has 1 atom stereocenters. The predicted molar refractivity (Wildman–Crippen MR) is 56.2 cm³/mol. The minimum absolute atomic E-state index is 0.0444. The summed E-state index contributed by atoms with van der Waals surface area (Å²) in [4.78, 5) is 0. The van der Waals surface area contributed by atoms with Crippen molar-refractivity contribution in [2.24, 2.45) is 5.73 Å². The number of nitrogens with two attached hydrogens (primary N) is 1. The number of benzene rings is 1. The van der Waals surface area contributed by atoms with E-state index in [1.165, 1.54) is 6.07 Å². The molecule has 7 heteroatoms. The molecule has 0 aromatic heterocycles. The quantitative estimate of drug-likeness (QED) is 0.873. The fraction of sp³-hybridized carbons (Fsp3) is 0.455. The SMILES string of the molecule is NC(CCO)c1cc2c(cc1C(F)(F)F)OCO2. The number of aliphatic hydroxyl groups is 1. The molecule has 0 saturated heterocycles. The molecule has 0 fully saturated rings. The van der Waals surface area contributed by atoms with Gasteiger partial charge >= 0.3 is 6.18 Å². The Kier molecular flexibility index (Phi) is 3.36. The fourth-order valence-corrected chi connectivity index (χ4v) is 1.80. The molecule has 1 aliphatic heterocycles. The third-order valence-electron chi connectivity index (χ3n) is 2.69. The molecule has 4 nitrogen and oxygen atoms in total. The molecule has 1 aliphatic rings. The summed E-state index contributed by atoms with van der Waals surface area (Å²) in [5, 5.41) is 8.77. The average molecular weight is 263 g/mol. The van der Waals surface area contributed by atoms with Gasteiger partial charge in [-0.1, -0.05) is 0 Å². The number of aliphatic hydroxyl groups excluding tert-OH is 1. The van der Waals surface area contributed by atoms with Crippen LogP contribution in [0.3, 0.4) is 0 Å². The van der Waals surface area contributed by atoms with Gasteiger partial charge in [-0.05, 0) is 24.1 Å². The summed E-state index contributed by atoms with van der Waals surface area (Å²) >= 11 is 0. The van der Waals surface area contributed by atoms with Gasteiger partial charge in [-0.3, -0.25) is 0 Å². The van der Waals surface area contributed by atoms with Gasteiger partial charge in [-0.25, -0.2) is 0 Å². The first-order valence-corrected chi connectivity index (χ1v) is 5.30. The van der Waals surface area contributed by atoms with Crippen molar-refractivity contribution in [1.82, 2.24) is 0 Å². The van der Waals surface area contributed by atoms with Crippen molar-refractivity contribution in [3.8, 4) is 11.5 Å². The van der Waals surface area contributed by atoms with E-state index in [4.69, 9.17) is 20.3 Å². The lowest BCUT2D eigenvalue weighted by Gasteiger charge is -2.18. The van der Waals surface area contributed by atoms with Crippen LogP contribution in [0, 0.1) is 0 Å². The molecular formula is C11H12F3NO3. The Bertz CT molecular complexity index is 448. The van der Waals surface area contributed by atoms with E-state index in [0.29, 0.717) is 0 Å². The number of rotatable bonds is 3. The van der Waals surface area contributed by atoms with E-state index in [9.17, 15) is 13.2 Å². The van der Waals surface area contributed by atoms with Gasteiger partial charge in [-0.2, -0.15) is 13.2 Å². The molecule has 0 spiro atoms. The Labute approximate surface area is 101 Å². The van der Waals surface area contributed by atoms with E-state index in [-0.39, 0.29) is 36.9 Å². The van der Waals surface area contributed by atoms with Crippen LogP contribution in [-0.2, 0) is 6.18 Å². The van der Waals surface area contributed by atoms with Crippen molar-refractivity contribution in [2.75, 3.05) is 13.4 Å². The molecule has 1 aromatic rings. The molecule has 1 heterocycles. The van der Waals surface area contributed by atoms with Gasteiger partial charge in [0.15, 0.2) is 11.5 Å². The Morgan fingerprint density at radius 2 is 1.89 bits per heavy atom. The van der Waals surface area contributed by atoms with Crippen LogP contribution in [0.4, 0.5) is 13.2 Å². The highest BCUT2D eigenvalue weighted by molar-refractivity contribution is 5.50. The van der Waals surface area contributed by atoms with Crippen molar-refractivity contribution in [3.63, 3.8) is 0 Å². The maximum Gasteiger partial charge on any atom is 0.416 e. The zero-order valence-corrected chi connectivity index (χ0v) is 9.33. The zero-order chi connectivity index (χ0) is 13.3. The summed E-state index contributed by atoms with van der Waals surface area (Å²) in [6.45, 7) is -0.391. The van der Waals surface area contributed by atoms with Crippen molar-refractivity contribution >= 4 is 0 Å². The van der Waals surface area contributed by atoms with Gasteiger partial charge < -0.3 is 20.3 Å². The lowest BCUT2D eigenvalue weighted by Crippen LogP contribution is -2.18. The fourth-order valence-electron chi connectivity index (χ4n) is 1.80. The molecular weight excluding hydrogens is 251 g/mol. The van der Waals surface area contributed by atoms with Crippen molar-refractivity contribution < 1.29 is 27.8 Å². The Morgan fingerprint density at radius 1 is 1.28 bits per heavy atom. The largest absolute Gasteiger partial charge is 0.454 e. The summed E-state index contributed by atoms with van der Waals surface area (Å²) < 4.78 is 48.7. The highest BCUT2D eigenvalue weighted by atomic mass is 19.4. The van der Waals surface area contributed by atoms with Crippen LogP contribution in [-0.4, -0.2) is 18.5 Å². The maximum absolute atomic E-state index is 12.9. The Hall–Kier alpha value is -1.47. The molecule has 0 aliphatic carbocycles. The second-order valence-corrected chi connectivity index (χ2v) is 3.91. The zero-order valence-electron chi connectivity index (χ0n) is 9.33. The molecule has 1 unspecified atom stereocenters. The number of alkyl halides is 3. The molecule has 0 amide bonds. The van der Waals surface area contributed by atoms with Crippen LogP contribution in [0.15, 0.2) is 12.1 Å². The average Bonchev–Trinajstić information content (AvgIpc) is 2.73. The van der Waals surface area contributed by atoms with E-state index >= 15 is 0 Å². The van der Waals surface area contributed by atoms with Crippen molar-refractivity contribution in [3.05, 3.63) is 23.3 Å². The van der Waals surface area contributed by atoms with E-state index in [0.717, 1.165) is 6.07 Å². The molecule has 18 heavy (non-hydrogen) atoms. The summed E-state index contributed by atoms with van der Waals surface area (Å²) in [7, 11) is 0.